The zero-order chi connectivity index (χ0) is 19.8. The van der Waals surface area contributed by atoms with Gasteiger partial charge in [-0.05, 0) is 50.4 Å². The Labute approximate surface area is 166 Å². The molecule has 1 saturated heterocycles. The van der Waals surface area contributed by atoms with Crippen molar-refractivity contribution in [3.05, 3.63) is 48.3 Å². The highest BCUT2D eigenvalue weighted by Crippen LogP contribution is 2.16. The van der Waals surface area contributed by atoms with Gasteiger partial charge in [-0.15, -0.1) is 0 Å². The van der Waals surface area contributed by atoms with E-state index >= 15 is 0 Å². The quantitative estimate of drug-likeness (QED) is 0.567. The van der Waals surface area contributed by atoms with Crippen molar-refractivity contribution in [1.29, 1.82) is 0 Å². The van der Waals surface area contributed by atoms with Crippen LogP contribution in [-0.4, -0.2) is 52.6 Å². The van der Waals surface area contributed by atoms with Gasteiger partial charge in [0.1, 0.15) is 5.82 Å². The summed E-state index contributed by atoms with van der Waals surface area (Å²) in [6.45, 7) is 8.96. The SMILES string of the molecule is CCCN1CCC(NC(=NCc2ccc(-n3ccnc3)c(F)c2)NCC)CC1. The molecule has 152 valence electrons. The van der Waals surface area contributed by atoms with Crippen LogP contribution in [0.3, 0.4) is 0 Å². The summed E-state index contributed by atoms with van der Waals surface area (Å²) in [4.78, 5) is 11.1. The van der Waals surface area contributed by atoms with E-state index in [2.05, 4.69) is 39.4 Å². The second kappa shape index (κ2) is 10.2. The van der Waals surface area contributed by atoms with E-state index in [0.717, 1.165) is 44.0 Å². The number of rotatable bonds is 7. The lowest BCUT2D eigenvalue weighted by atomic mass is 10.1. The number of guanidine groups is 1. The average molecular weight is 387 g/mol. The molecule has 1 aliphatic rings. The van der Waals surface area contributed by atoms with Gasteiger partial charge < -0.3 is 20.1 Å². The third-order valence-electron chi connectivity index (χ3n) is 5.03. The molecule has 28 heavy (non-hydrogen) atoms. The first-order valence-electron chi connectivity index (χ1n) is 10.2. The van der Waals surface area contributed by atoms with Crippen molar-refractivity contribution in [2.75, 3.05) is 26.2 Å². The molecule has 2 aromatic rings. The van der Waals surface area contributed by atoms with Gasteiger partial charge in [0.05, 0.1) is 18.6 Å². The van der Waals surface area contributed by atoms with E-state index in [0.29, 0.717) is 18.3 Å². The summed E-state index contributed by atoms with van der Waals surface area (Å²) in [5, 5.41) is 6.85. The molecule has 0 unspecified atom stereocenters. The number of likely N-dealkylation sites (tertiary alicyclic amines) is 1. The maximum atomic E-state index is 14.4. The largest absolute Gasteiger partial charge is 0.357 e. The number of piperidine rings is 1. The van der Waals surface area contributed by atoms with Crippen LogP contribution in [0.5, 0.6) is 0 Å². The van der Waals surface area contributed by atoms with Gasteiger partial charge in [-0.1, -0.05) is 13.0 Å². The molecule has 7 heteroatoms. The lowest BCUT2D eigenvalue weighted by Crippen LogP contribution is -2.48. The standard InChI is InChI=1S/C21H31FN6/c1-3-10-27-11-7-18(8-12-27)26-21(24-4-2)25-15-17-5-6-20(19(22)14-17)28-13-9-23-16-28/h5-6,9,13-14,16,18H,3-4,7-8,10-12,15H2,1-2H3,(H2,24,25,26). The molecule has 0 bridgehead atoms. The number of hydrogen-bond donors (Lipinski definition) is 2. The van der Waals surface area contributed by atoms with Gasteiger partial charge in [0.25, 0.3) is 0 Å². The Morgan fingerprint density at radius 2 is 2.11 bits per heavy atom. The molecule has 0 atom stereocenters. The lowest BCUT2D eigenvalue weighted by Gasteiger charge is -2.32. The van der Waals surface area contributed by atoms with Crippen LogP contribution >= 0.6 is 0 Å². The van der Waals surface area contributed by atoms with Crippen molar-refractivity contribution in [2.45, 2.75) is 45.7 Å². The van der Waals surface area contributed by atoms with E-state index in [1.165, 1.54) is 13.0 Å². The Bertz CT molecular complexity index is 750. The molecule has 1 aliphatic heterocycles. The molecule has 1 aromatic heterocycles. The molecule has 0 saturated carbocycles. The third kappa shape index (κ3) is 5.55. The van der Waals surface area contributed by atoms with E-state index in [9.17, 15) is 4.39 Å². The Morgan fingerprint density at radius 3 is 2.75 bits per heavy atom. The number of nitrogens with zero attached hydrogens (tertiary/aromatic N) is 4. The lowest BCUT2D eigenvalue weighted by molar-refractivity contribution is 0.206. The van der Waals surface area contributed by atoms with Crippen molar-refractivity contribution in [3.8, 4) is 5.69 Å². The Kier molecular flexibility index (Phi) is 7.42. The number of nitrogens with one attached hydrogen (secondary N) is 2. The van der Waals surface area contributed by atoms with Crippen molar-refractivity contribution in [2.24, 2.45) is 4.99 Å². The van der Waals surface area contributed by atoms with Gasteiger partial charge in [0, 0.05) is 38.1 Å². The summed E-state index contributed by atoms with van der Waals surface area (Å²) in [5.74, 6) is 0.530. The van der Waals surface area contributed by atoms with Crippen LogP contribution in [-0.2, 0) is 6.54 Å². The number of halogens is 1. The molecular weight excluding hydrogens is 355 g/mol. The number of aliphatic imine (C=N–C) groups is 1. The molecule has 0 aliphatic carbocycles. The predicted octanol–water partition coefficient (Wildman–Crippen LogP) is 2.94. The van der Waals surface area contributed by atoms with Gasteiger partial charge in [-0.3, -0.25) is 0 Å². The molecule has 6 nitrogen and oxygen atoms in total. The second-order valence-electron chi connectivity index (χ2n) is 7.21. The van der Waals surface area contributed by atoms with E-state index in [4.69, 9.17) is 0 Å². The molecule has 1 fully saturated rings. The minimum absolute atomic E-state index is 0.271. The number of imidazole rings is 1. The zero-order valence-corrected chi connectivity index (χ0v) is 16.9. The van der Waals surface area contributed by atoms with Gasteiger partial charge >= 0.3 is 0 Å². The molecule has 2 N–H and O–H groups in total. The van der Waals surface area contributed by atoms with Crippen molar-refractivity contribution >= 4 is 5.96 Å². The highest BCUT2D eigenvalue weighted by atomic mass is 19.1. The van der Waals surface area contributed by atoms with Crippen LogP contribution in [0, 0.1) is 5.82 Å². The first-order valence-corrected chi connectivity index (χ1v) is 10.2. The Morgan fingerprint density at radius 1 is 1.29 bits per heavy atom. The molecule has 0 spiro atoms. The number of benzene rings is 1. The normalized spacial score (nSPS) is 16.3. The van der Waals surface area contributed by atoms with Gasteiger partial charge in [0.15, 0.2) is 5.96 Å². The molecular formula is C21H31FN6. The van der Waals surface area contributed by atoms with Crippen molar-refractivity contribution in [1.82, 2.24) is 25.1 Å². The van der Waals surface area contributed by atoms with Gasteiger partial charge in [-0.2, -0.15) is 0 Å². The summed E-state index contributed by atoms with van der Waals surface area (Å²) >= 11 is 0. The van der Waals surface area contributed by atoms with Gasteiger partial charge in [0.2, 0.25) is 0 Å². The summed E-state index contributed by atoms with van der Waals surface area (Å²) < 4.78 is 16.1. The maximum absolute atomic E-state index is 14.4. The smallest absolute Gasteiger partial charge is 0.191 e. The Balaban J connectivity index is 1.59. The second-order valence-corrected chi connectivity index (χ2v) is 7.21. The summed E-state index contributed by atoms with van der Waals surface area (Å²) in [6.07, 6.45) is 8.42. The van der Waals surface area contributed by atoms with Crippen LogP contribution in [0.2, 0.25) is 0 Å². The molecule has 2 heterocycles. The van der Waals surface area contributed by atoms with Crippen LogP contribution in [0.1, 0.15) is 38.7 Å². The number of aromatic nitrogens is 2. The summed E-state index contributed by atoms with van der Waals surface area (Å²) in [6, 6.07) is 5.66. The molecule has 1 aromatic carbocycles. The van der Waals surface area contributed by atoms with E-state index in [1.54, 1.807) is 35.4 Å². The van der Waals surface area contributed by atoms with Crippen molar-refractivity contribution in [3.63, 3.8) is 0 Å². The summed E-state index contributed by atoms with van der Waals surface area (Å²) in [7, 11) is 0. The fraction of sp³-hybridized carbons (Fsp3) is 0.524. The summed E-state index contributed by atoms with van der Waals surface area (Å²) in [5.41, 5.74) is 1.34. The highest BCUT2D eigenvalue weighted by molar-refractivity contribution is 5.80. The average Bonchev–Trinajstić information content (AvgIpc) is 3.22. The predicted molar refractivity (Wildman–Crippen MR) is 111 cm³/mol. The first-order chi connectivity index (χ1) is 13.7. The minimum atomic E-state index is -0.271. The highest BCUT2D eigenvalue weighted by Gasteiger charge is 2.19. The van der Waals surface area contributed by atoms with Gasteiger partial charge in [-0.25, -0.2) is 14.4 Å². The molecule has 0 radical (unpaired) electrons. The third-order valence-corrected chi connectivity index (χ3v) is 5.03. The molecule has 3 rings (SSSR count). The van der Waals surface area contributed by atoms with Crippen LogP contribution in [0.15, 0.2) is 41.9 Å². The topological polar surface area (TPSA) is 57.5 Å². The maximum Gasteiger partial charge on any atom is 0.191 e. The van der Waals surface area contributed by atoms with E-state index in [-0.39, 0.29) is 5.82 Å². The Hall–Kier alpha value is -2.41. The van der Waals surface area contributed by atoms with Crippen LogP contribution in [0.25, 0.3) is 5.69 Å². The monoisotopic (exact) mass is 386 g/mol. The zero-order valence-electron chi connectivity index (χ0n) is 16.9. The fourth-order valence-corrected chi connectivity index (χ4v) is 3.56. The van der Waals surface area contributed by atoms with E-state index in [1.807, 2.05) is 6.07 Å². The first kappa shape index (κ1) is 20.3. The number of hydrogen-bond acceptors (Lipinski definition) is 3. The van der Waals surface area contributed by atoms with Crippen LogP contribution < -0.4 is 10.6 Å². The van der Waals surface area contributed by atoms with E-state index < -0.39 is 0 Å². The van der Waals surface area contributed by atoms with Crippen LogP contribution in [0.4, 0.5) is 4.39 Å². The fourth-order valence-electron chi connectivity index (χ4n) is 3.56. The molecule has 0 amide bonds. The minimum Gasteiger partial charge on any atom is -0.357 e. The van der Waals surface area contributed by atoms with Crippen molar-refractivity contribution < 1.29 is 4.39 Å².